The first-order valence-corrected chi connectivity index (χ1v) is 9.78. The second kappa shape index (κ2) is 10.5. The molecule has 1 amide bonds. The third-order valence-electron chi connectivity index (χ3n) is 5.03. The molecule has 2 atom stereocenters. The van der Waals surface area contributed by atoms with Crippen molar-refractivity contribution in [1.82, 2.24) is 4.90 Å². The van der Waals surface area contributed by atoms with Gasteiger partial charge < -0.3 is 19.1 Å². The maximum absolute atomic E-state index is 13.2. The number of ether oxygens (including phenoxy) is 3. The molecule has 9 heteroatoms. The van der Waals surface area contributed by atoms with Gasteiger partial charge in [0.25, 0.3) is 5.54 Å². The summed E-state index contributed by atoms with van der Waals surface area (Å²) in [5, 5.41) is 0. The van der Waals surface area contributed by atoms with Gasteiger partial charge in [0, 0.05) is 6.42 Å². The first-order chi connectivity index (χ1) is 15.3. The van der Waals surface area contributed by atoms with Crippen LogP contribution in [0.1, 0.15) is 12.5 Å². The minimum absolute atomic E-state index is 0.0743. The van der Waals surface area contributed by atoms with E-state index in [1.54, 1.807) is 30.3 Å². The topological polar surface area (TPSA) is 116 Å². The fourth-order valence-electron chi connectivity index (χ4n) is 3.69. The molecule has 32 heavy (non-hydrogen) atoms. The van der Waals surface area contributed by atoms with Crippen LogP contribution in [0.4, 0.5) is 0 Å². The Hall–Kier alpha value is -3.75. The van der Waals surface area contributed by atoms with Gasteiger partial charge in [-0.25, -0.2) is 14.4 Å². The van der Waals surface area contributed by atoms with E-state index >= 15 is 0 Å². The monoisotopic (exact) mass is 443 g/mol. The van der Waals surface area contributed by atoms with Gasteiger partial charge in [0.1, 0.15) is 31.0 Å². The van der Waals surface area contributed by atoms with Crippen molar-refractivity contribution in [3.8, 4) is 0 Å². The molecule has 170 valence electrons. The number of methoxy groups -OCH3 is 1. The normalized spacial score (nSPS) is 17.4. The minimum Gasteiger partial charge on any atom is -0.467 e. The summed E-state index contributed by atoms with van der Waals surface area (Å²) < 4.78 is 15.0. The first kappa shape index (κ1) is 24.5. The second-order valence-corrected chi connectivity index (χ2v) is 7.02. The highest BCUT2D eigenvalue weighted by Crippen LogP contribution is 2.43. The third kappa shape index (κ3) is 4.32. The molecule has 1 aliphatic rings. The van der Waals surface area contributed by atoms with Crippen LogP contribution in [0.25, 0.3) is 0 Å². The Bertz CT molecular complexity index is 899. The van der Waals surface area contributed by atoms with E-state index in [2.05, 4.69) is 13.2 Å². The Morgan fingerprint density at radius 3 is 2.03 bits per heavy atom. The van der Waals surface area contributed by atoms with Crippen molar-refractivity contribution in [2.24, 2.45) is 5.92 Å². The number of Topliss-reactive ketones (excluding diaryl/α,β-unsaturated/α-hetero) is 1. The highest BCUT2D eigenvalue weighted by Gasteiger charge is 2.75. The maximum Gasteiger partial charge on any atom is 0.345 e. The quantitative estimate of drug-likeness (QED) is 0.164. The average Bonchev–Trinajstić information content (AvgIpc) is 2.78. The fraction of sp³-hybridized carbons (Fsp3) is 0.348. The molecule has 0 radical (unpaired) electrons. The summed E-state index contributed by atoms with van der Waals surface area (Å²) in [6, 6.07) is 7.24. The standard InChI is InChI=1S/C23H25NO8/c1-5-12-31-21(28)23(22(29)32-13-6-2)18(15(3)25)19(26)24(23)17(20(27)30-4)14-16-10-8-7-9-11-16/h5-11,17-18H,1-2,12-14H2,3-4H3. The zero-order valence-corrected chi connectivity index (χ0v) is 17.9. The van der Waals surface area contributed by atoms with Crippen molar-refractivity contribution in [3.63, 3.8) is 0 Å². The van der Waals surface area contributed by atoms with Gasteiger partial charge >= 0.3 is 17.9 Å². The van der Waals surface area contributed by atoms with E-state index in [0.29, 0.717) is 5.56 Å². The molecule has 1 saturated heterocycles. The molecule has 0 bridgehead atoms. The summed E-state index contributed by atoms with van der Waals surface area (Å²) in [5.41, 5.74) is -1.85. The third-order valence-corrected chi connectivity index (χ3v) is 5.03. The van der Waals surface area contributed by atoms with Crippen molar-refractivity contribution in [2.75, 3.05) is 20.3 Å². The van der Waals surface area contributed by atoms with Crippen LogP contribution >= 0.6 is 0 Å². The molecular weight excluding hydrogens is 418 g/mol. The molecule has 0 aliphatic carbocycles. The largest absolute Gasteiger partial charge is 0.467 e. The van der Waals surface area contributed by atoms with Crippen LogP contribution in [0.2, 0.25) is 0 Å². The Morgan fingerprint density at radius 1 is 1.06 bits per heavy atom. The lowest BCUT2D eigenvalue weighted by Crippen LogP contribution is -2.83. The van der Waals surface area contributed by atoms with Crippen LogP contribution in [0, 0.1) is 5.92 Å². The predicted molar refractivity (Wildman–Crippen MR) is 112 cm³/mol. The van der Waals surface area contributed by atoms with Crippen LogP contribution < -0.4 is 0 Å². The smallest absolute Gasteiger partial charge is 0.345 e. The van der Waals surface area contributed by atoms with Crippen LogP contribution in [-0.2, 0) is 44.6 Å². The highest BCUT2D eigenvalue weighted by molar-refractivity contribution is 6.25. The fourth-order valence-corrected chi connectivity index (χ4v) is 3.69. The predicted octanol–water partition coefficient (Wildman–Crippen LogP) is 1.02. The van der Waals surface area contributed by atoms with Gasteiger partial charge in [0.15, 0.2) is 0 Å². The number of esters is 3. The van der Waals surface area contributed by atoms with E-state index < -0.39 is 47.1 Å². The Labute approximate surface area is 185 Å². The van der Waals surface area contributed by atoms with Crippen LogP contribution in [0.3, 0.4) is 0 Å². The zero-order chi connectivity index (χ0) is 23.9. The van der Waals surface area contributed by atoms with E-state index in [0.717, 1.165) is 18.9 Å². The van der Waals surface area contributed by atoms with Crippen molar-refractivity contribution >= 4 is 29.6 Å². The van der Waals surface area contributed by atoms with E-state index in [1.165, 1.54) is 12.2 Å². The average molecular weight is 443 g/mol. The first-order valence-electron chi connectivity index (χ1n) is 9.78. The molecule has 9 nitrogen and oxygen atoms in total. The lowest BCUT2D eigenvalue weighted by Gasteiger charge is -2.54. The van der Waals surface area contributed by atoms with E-state index in [4.69, 9.17) is 14.2 Å². The molecule has 0 N–H and O–H groups in total. The number of nitrogens with zero attached hydrogens (tertiary/aromatic N) is 1. The number of benzene rings is 1. The molecule has 1 heterocycles. The molecule has 2 rings (SSSR count). The van der Waals surface area contributed by atoms with Gasteiger partial charge in [-0.1, -0.05) is 55.6 Å². The maximum atomic E-state index is 13.2. The van der Waals surface area contributed by atoms with Crippen LogP contribution in [-0.4, -0.2) is 66.4 Å². The van der Waals surface area contributed by atoms with Gasteiger partial charge in [0.05, 0.1) is 7.11 Å². The SMILES string of the molecule is C=CCOC(=O)C1(C(=O)OCC=C)C(C(C)=O)C(=O)N1C(Cc1ccccc1)C(=O)OC. The van der Waals surface area contributed by atoms with Crippen molar-refractivity contribution in [1.29, 1.82) is 0 Å². The number of hydrogen-bond donors (Lipinski definition) is 0. The molecular formula is C23H25NO8. The number of hydrogen-bond acceptors (Lipinski definition) is 8. The molecule has 0 saturated carbocycles. The van der Waals surface area contributed by atoms with Crippen molar-refractivity contribution in [3.05, 3.63) is 61.2 Å². The Balaban J connectivity index is 2.65. The molecule has 0 aromatic heterocycles. The summed E-state index contributed by atoms with van der Waals surface area (Å²) in [7, 11) is 1.11. The number of likely N-dealkylation sites (tertiary alicyclic amines) is 1. The number of amides is 1. The number of rotatable bonds is 11. The van der Waals surface area contributed by atoms with Gasteiger partial charge in [-0.2, -0.15) is 0 Å². The summed E-state index contributed by atoms with van der Waals surface area (Å²) in [6.07, 6.45) is 2.45. The molecule has 1 aromatic rings. The molecule has 0 spiro atoms. The number of carbonyl (C=O) groups excluding carboxylic acids is 5. The molecule has 1 aromatic carbocycles. The summed E-state index contributed by atoms with van der Waals surface area (Å²) in [6.45, 7) is 7.38. The summed E-state index contributed by atoms with van der Waals surface area (Å²) in [4.78, 5) is 65.2. The minimum atomic E-state index is -2.48. The van der Waals surface area contributed by atoms with Crippen LogP contribution in [0.5, 0.6) is 0 Å². The van der Waals surface area contributed by atoms with Gasteiger partial charge in [0.2, 0.25) is 5.91 Å². The summed E-state index contributed by atoms with van der Waals surface area (Å²) in [5.74, 6) is -6.61. The van der Waals surface area contributed by atoms with E-state index in [9.17, 15) is 24.0 Å². The molecule has 1 aliphatic heterocycles. The lowest BCUT2D eigenvalue weighted by molar-refractivity contribution is -0.209. The number of ketones is 1. The van der Waals surface area contributed by atoms with Gasteiger partial charge in [-0.05, 0) is 12.5 Å². The van der Waals surface area contributed by atoms with Crippen LogP contribution in [0.15, 0.2) is 55.6 Å². The number of carbonyl (C=O) groups is 5. The van der Waals surface area contributed by atoms with Crippen molar-refractivity contribution in [2.45, 2.75) is 24.9 Å². The molecule has 1 fully saturated rings. The Kier molecular flexibility index (Phi) is 8.06. The Morgan fingerprint density at radius 2 is 1.59 bits per heavy atom. The zero-order valence-electron chi connectivity index (χ0n) is 17.9. The van der Waals surface area contributed by atoms with Gasteiger partial charge in [-0.3, -0.25) is 9.59 Å². The van der Waals surface area contributed by atoms with Crippen molar-refractivity contribution < 1.29 is 38.2 Å². The van der Waals surface area contributed by atoms with E-state index in [-0.39, 0.29) is 19.6 Å². The summed E-state index contributed by atoms with van der Waals surface area (Å²) >= 11 is 0. The van der Waals surface area contributed by atoms with Gasteiger partial charge in [-0.15, -0.1) is 0 Å². The number of β-lactam (4-membered cyclic amide) rings is 1. The molecule has 2 unspecified atom stereocenters. The lowest BCUT2D eigenvalue weighted by atomic mass is 9.69. The van der Waals surface area contributed by atoms with E-state index in [1.807, 2.05) is 0 Å². The highest BCUT2D eigenvalue weighted by atomic mass is 16.6. The second-order valence-electron chi connectivity index (χ2n) is 7.02.